The van der Waals surface area contributed by atoms with E-state index in [1.165, 1.54) is 0 Å². The molecule has 2 aromatic rings. The number of fused-ring (bicyclic) bond motifs is 1. The summed E-state index contributed by atoms with van der Waals surface area (Å²) >= 11 is 6.30. The minimum atomic E-state index is 0.0664. The molecule has 0 saturated carbocycles. The Labute approximate surface area is 136 Å². The summed E-state index contributed by atoms with van der Waals surface area (Å²) < 4.78 is 0. The molecule has 1 unspecified atom stereocenters. The highest BCUT2D eigenvalue weighted by Crippen LogP contribution is 2.19. The van der Waals surface area contributed by atoms with Gasteiger partial charge in [0.1, 0.15) is 11.7 Å². The third kappa shape index (κ3) is 4.42. The molecule has 2 rings (SSSR count). The Morgan fingerprint density at radius 1 is 1.36 bits per heavy atom. The van der Waals surface area contributed by atoms with Gasteiger partial charge in [-0.2, -0.15) is 0 Å². The molecule has 5 heteroatoms. The predicted molar refractivity (Wildman–Crippen MR) is 90.1 cm³/mol. The second-order valence-electron chi connectivity index (χ2n) is 5.81. The topological polar surface area (TPSA) is 46.4 Å². The number of benzene rings is 1. The molecule has 118 valence electrons. The van der Waals surface area contributed by atoms with Crippen LogP contribution in [0, 0.1) is 0 Å². The number of pyridine rings is 1. The van der Waals surface area contributed by atoms with Gasteiger partial charge in [-0.25, -0.2) is 4.98 Å². The monoisotopic (exact) mass is 320 g/mol. The fraction of sp³-hybridized carbons (Fsp3) is 0.412. The van der Waals surface area contributed by atoms with Gasteiger partial charge < -0.3 is 10.2 Å². The summed E-state index contributed by atoms with van der Waals surface area (Å²) in [7, 11) is 0. The van der Waals surface area contributed by atoms with Gasteiger partial charge >= 0.3 is 0 Å². The Balaban J connectivity index is 2.13. The highest BCUT2D eigenvalue weighted by molar-refractivity contribution is 6.30. The van der Waals surface area contributed by atoms with Crippen molar-refractivity contribution >= 4 is 28.4 Å². The van der Waals surface area contributed by atoms with Crippen molar-refractivity contribution in [2.75, 3.05) is 13.1 Å². The van der Waals surface area contributed by atoms with E-state index in [9.17, 15) is 4.79 Å². The van der Waals surface area contributed by atoms with E-state index in [0.29, 0.717) is 18.2 Å². The largest absolute Gasteiger partial charge is 0.349 e. The Bertz CT molecular complexity index is 657. The van der Waals surface area contributed by atoms with Crippen molar-refractivity contribution in [3.8, 4) is 0 Å². The first kappa shape index (κ1) is 16.7. The van der Waals surface area contributed by atoms with Crippen molar-refractivity contribution in [1.29, 1.82) is 0 Å². The second-order valence-corrected chi connectivity index (χ2v) is 6.17. The van der Waals surface area contributed by atoms with E-state index in [-0.39, 0.29) is 11.9 Å². The standard InChI is InChI=1S/C17H22ClN3O/c1-4-21(11-16(22)19-12(2)3)10-14-9-13-7-5-6-8-15(13)20-17(14)18/h5-9,12H,4,10-11H2,1-3H3,(H,19,22)/p+1. The zero-order valence-corrected chi connectivity index (χ0v) is 14.1. The molecule has 22 heavy (non-hydrogen) atoms. The maximum atomic E-state index is 11.9. The first-order valence-corrected chi connectivity index (χ1v) is 8.04. The summed E-state index contributed by atoms with van der Waals surface area (Å²) in [5.41, 5.74) is 1.88. The van der Waals surface area contributed by atoms with Crippen LogP contribution in [0.15, 0.2) is 30.3 Å². The van der Waals surface area contributed by atoms with Gasteiger partial charge in [0.2, 0.25) is 0 Å². The molecule has 2 N–H and O–H groups in total. The molecule has 0 fully saturated rings. The number of hydrogen-bond donors (Lipinski definition) is 2. The number of nitrogens with one attached hydrogen (secondary N) is 2. The Hall–Kier alpha value is -1.65. The van der Waals surface area contributed by atoms with E-state index in [1.807, 2.05) is 38.1 Å². The molecule has 1 amide bonds. The average Bonchev–Trinajstić information content (AvgIpc) is 2.46. The van der Waals surface area contributed by atoms with Crippen molar-refractivity contribution in [3.05, 3.63) is 41.0 Å². The Morgan fingerprint density at radius 3 is 2.77 bits per heavy atom. The van der Waals surface area contributed by atoms with Gasteiger partial charge in [-0.3, -0.25) is 4.79 Å². The fourth-order valence-corrected chi connectivity index (χ4v) is 2.65. The second kappa shape index (κ2) is 7.56. The van der Waals surface area contributed by atoms with Crippen LogP contribution in [0.1, 0.15) is 26.3 Å². The molecule has 1 heterocycles. The van der Waals surface area contributed by atoms with E-state index >= 15 is 0 Å². The molecule has 4 nitrogen and oxygen atoms in total. The first-order valence-electron chi connectivity index (χ1n) is 7.66. The molecular formula is C17H23ClN3O+. The summed E-state index contributed by atoms with van der Waals surface area (Å²) in [5, 5.41) is 4.52. The van der Waals surface area contributed by atoms with Gasteiger partial charge in [-0.05, 0) is 32.9 Å². The summed E-state index contributed by atoms with van der Waals surface area (Å²) in [6.45, 7) is 7.99. The number of nitrogens with zero attached hydrogens (tertiary/aromatic N) is 1. The average molecular weight is 321 g/mol. The number of rotatable bonds is 6. The lowest BCUT2D eigenvalue weighted by atomic mass is 10.1. The molecule has 1 aromatic heterocycles. The third-order valence-electron chi connectivity index (χ3n) is 3.55. The van der Waals surface area contributed by atoms with Gasteiger partial charge in [0.15, 0.2) is 6.54 Å². The van der Waals surface area contributed by atoms with Crippen LogP contribution in [0.2, 0.25) is 5.15 Å². The van der Waals surface area contributed by atoms with E-state index in [2.05, 4.69) is 23.3 Å². The van der Waals surface area contributed by atoms with Crippen molar-refractivity contribution in [2.24, 2.45) is 0 Å². The zero-order chi connectivity index (χ0) is 16.1. The first-order chi connectivity index (χ1) is 10.5. The van der Waals surface area contributed by atoms with E-state index < -0.39 is 0 Å². The SMILES string of the molecule is CC[NH+](CC(=O)NC(C)C)Cc1cc2ccccc2nc1Cl. The van der Waals surface area contributed by atoms with Crippen molar-refractivity contribution in [2.45, 2.75) is 33.4 Å². The van der Waals surface area contributed by atoms with E-state index in [4.69, 9.17) is 11.6 Å². The molecule has 0 aliphatic heterocycles. The van der Waals surface area contributed by atoms with Gasteiger partial charge in [0, 0.05) is 17.0 Å². The molecule has 1 aromatic carbocycles. The number of quaternary nitrogens is 1. The highest BCUT2D eigenvalue weighted by Gasteiger charge is 2.16. The smallest absolute Gasteiger partial charge is 0.275 e. The lowest BCUT2D eigenvalue weighted by Crippen LogP contribution is -3.11. The van der Waals surface area contributed by atoms with E-state index in [0.717, 1.165) is 27.9 Å². The van der Waals surface area contributed by atoms with Crippen LogP contribution >= 0.6 is 11.6 Å². The summed E-state index contributed by atoms with van der Waals surface area (Å²) in [5.74, 6) is 0.0664. The van der Waals surface area contributed by atoms with Crippen LogP contribution in [-0.2, 0) is 11.3 Å². The summed E-state index contributed by atoms with van der Waals surface area (Å²) in [6.07, 6.45) is 0. The highest BCUT2D eigenvalue weighted by atomic mass is 35.5. The van der Waals surface area contributed by atoms with Crippen molar-refractivity contribution in [3.63, 3.8) is 0 Å². The maximum Gasteiger partial charge on any atom is 0.275 e. The van der Waals surface area contributed by atoms with E-state index in [1.54, 1.807) is 0 Å². The normalized spacial score (nSPS) is 12.6. The molecule has 1 atom stereocenters. The number of likely N-dealkylation sites (N-methyl/N-ethyl adjacent to an activating group) is 1. The predicted octanol–water partition coefficient (Wildman–Crippen LogP) is 1.82. The molecule has 0 saturated heterocycles. The minimum absolute atomic E-state index is 0.0664. The van der Waals surface area contributed by atoms with Gasteiger partial charge in [-0.1, -0.05) is 29.8 Å². The van der Waals surface area contributed by atoms with Crippen LogP contribution < -0.4 is 10.2 Å². The van der Waals surface area contributed by atoms with Crippen LogP contribution in [0.5, 0.6) is 0 Å². The molecule has 0 spiro atoms. The molecule has 0 aliphatic rings. The number of carbonyl (C=O) groups excluding carboxylic acids is 1. The number of halogens is 1. The lowest BCUT2D eigenvalue weighted by molar-refractivity contribution is -0.904. The minimum Gasteiger partial charge on any atom is -0.349 e. The summed E-state index contributed by atoms with van der Waals surface area (Å²) in [6, 6.07) is 10.1. The number of hydrogen-bond acceptors (Lipinski definition) is 2. The van der Waals surface area contributed by atoms with Crippen LogP contribution in [-0.4, -0.2) is 30.0 Å². The number of aromatic nitrogens is 1. The quantitative estimate of drug-likeness (QED) is 0.798. The molecule has 0 aliphatic carbocycles. The Kier molecular flexibility index (Phi) is 5.75. The van der Waals surface area contributed by atoms with Crippen molar-refractivity contribution < 1.29 is 9.69 Å². The fourth-order valence-electron chi connectivity index (χ4n) is 2.44. The third-order valence-corrected chi connectivity index (χ3v) is 3.88. The maximum absolute atomic E-state index is 11.9. The molecule has 0 bridgehead atoms. The Morgan fingerprint density at radius 2 is 2.09 bits per heavy atom. The van der Waals surface area contributed by atoms with Gasteiger partial charge in [0.25, 0.3) is 5.91 Å². The number of amides is 1. The summed E-state index contributed by atoms with van der Waals surface area (Å²) in [4.78, 5) is 17.5. The lowest BCUT2D eigenvalue weighted by Gasteiger charge is -2.19. The number of carbonyl (C=O) groups is 1. The number of para-hydroxylation sites is 1. The molecular weight excluding hydrogens is 298 g/mol. The van der Waals surface area contributed by atoms with Gasteiger partial charge in [-0.15, -0.1) is 0 Å². The zero-order valence-electron chi connectivity index (χ0n) is 13.3. The van der Waals surface area contributed by atoms with Crippen LogP contribution in [0.25, 0.3) is 10.9 Å². The van der Waals surface area contributed by atoms with Crippen LogP contribution in [0.3, 0.4) is 0 Å². The van der Waals surface area contributed by atoms with Gasteiger partial charge in [0.05, 0.1) is 12.1 Å². The molecule has 0 radical (unpaired) electrons. The van der Waals surface area contributed by atoms with Crippen LogP contribution in [0.4, 0.5) is 0 Å². The van der Waals surface area contributed by atoms with Crippen molar-refractivity contribution in [1.82, 2.24) is 10.3 Å².